The Kier molecular flexibility index (Phi) is 11.5. The molecule has 0 spiro atoms. The maximum atomic E-state index is 5.42. The minimum atomic E-state index is 0. The number of ether oxygens (including phenoxy) is 1. The molecule has 2 N–H and O–H groups in total. The molecule has 26 heavy (non-hydrogen) atoms. The zero-order chi connectivity index (χ0) is 17.9. The third-order valence-electron chi connectivity index (χ3n) is 3.62. The van der Waals surface area contributed by atoms with E-state index >= 15 is 0 Å². The summed E-state index contributed by atoms with van der Waals surface area (Å²) < 4.78 is 5.42. The quantitative estimate of drug-likeness (QED) is 0.317. The lowest BCUT2D eigenvalue weighted by Crippen LogP contribution is -2.36. The molecular formula is C19H29IN4OS. The van der Waals surface area contributed by atoms with E-state index in [1.165, 1.54) is 16.0 Å². The van der Waals surface area contributed by atoms with Crippen LogP contribution in [0.2, 0.25) is 0 Å². The van der Waals surface area contributed by atoms with Gasteiger partial charge in [-0.05, 0) is 31.4 Å². The number of aromatic nitrogens is 1. The summed E-state index contributed by atoms with van der Waals surface area (Å²) in [7, 11) is 0. The Hall–Kier alpha value is -1.19. The van der Waals surface area contributed by atoms with E-state index in [0.717, 1.165) is 30.5 Å². The standard InChI is InChI=1S/C19H28N4OS.HI/c1-4-17-12-21-18(25-17)13-23-19(20-5-2)22-11-15-7-9-16(10-8-15)14-24-6-3;/h7-10,12H,4-6,11,13-14H2,1-3H3,(H2,20,22,23);1H. The van der Waals surface area contributed by atoms with Gasteiger partial charge in [-0.15, -0.1) is 35.3 Å². The fourth-order valence-corrected chi connectivity index (χ4v) is 3.03. The Bertz CT molecular complexity index is 658. The highest BCUT2D eigenvalue weighted by Crippen LogP contribution is 2.12. The van der Waals surface area contributed by atoms with Gasteiger partial charge in [0.25, 0.3) is 0 Å². The molecule has 1 aromatic heterocycles. The lowest BCUT2D eigenvalue weighted by Gasteiger charge is -2.10. The second kappa shape index (κ2) is 13.1. The van der Waals surface area contributed by atoms with Crippen LogP contribution in [0.25, 0.3) is 0 Å². The van der Waals surface area contributed by atoms with Crippen molar-refractivity contribution in [2.75, 3.05) is 13.2 Å². The number of nitrogens with zero attached hydrogens (tertiary/aromatic N) is 2. The van der Waals surface area contributed by atoms with Crippen molar-refractivity contribution < 1.29 is 4.74 Å². The monoisotopic (exact) mass is 488 g/mol. The van der Waals surface area contributed by atoms with Crippen molar-refractivity contribution in [3.8, 4) is 0 Å². The second-order valence-electron chi connectivity index (χ2n) is 5.58. The van der Waals surface area contributed by atoms with Gasteiger partial charge in [-0.1, -0.05) is 31.2 Å². The van der Waals surface area contributed by atoms with Crippen LogP contribution in [0.5, 0.6) is 0 Å². The van der Waals surface area contributed by atoms with Crippen LogP contribution in [-0.4, -0.2) is 24.1 Å². The Morgan fingerprint density at radius 2 is 1.85 bits per heavy atom. The number of thiazole rings is 1. The molecule has 5 nitrogen and oxygen atoms in total. The Balaban J connectivity index is 0.00000338. The van der Waals surface area contributed by atoms with Crippen LogP contribution in [0.15, 0.2) is 35.5 Å². The summed E-state index contributed by atoms with van der Waals surface area (Å²) in [6.45, 7) is 9.80. The van der Waals surface area contributed by atoms with Gasteiger partial charge < -0.3 is 15.4 Å². The molecule has 0 saturated carbocycles. The smallest absolute Gasteiger partial charge is 0.191 e. The van der Waals surface area contributed by atoms with Crippen LogP contribution in [-0.2, 0) is 30.9 Å². The highest BCUT2D eigenvalue weighted by Gasteiger charge is 2.03. The van der Waals surface area contributed by atoms with E-state index in [0.29, 0.717) is 19.7 Å². The van der Waals surface area contributed by atoms with Crippen LogP contribution in [0, 0.1) is 0 Å². The normalized spacial score (nSPS) is 11.1. The lowest BCUT2D eigenvalue weighted by atomic mass is 10.1. The molecular weight excluding hydrogens is 459 g/mol. The van der Waals surface area contributed by atoms with Crippen molar-refractivity contribution >= 4 is 41.3 Å². The highest BCUT2D eigenvalue weighted by molar-refractivity contribution is 14.0. The summed E-state index contributed by atoms with van der Waals surface area (Å²) in [5.74, 6) is 0.814. The summed E-state index contributed by atoms with van der Waals surface area (Å²) in [5, 5.41) is 7.72. The van der Waals surface area contributed by atoms with Crippen LogP contribution in [0.3, 0.4) is 0 Å². The average molecular weight is 488 g/mol. The van der Waals surface area contributed by atoms with Gasteiger partial charge >= 0.3 is 0 Å². The lowest BCUT2D eigenvalue weighted by molar-refractivity contribution is 0.134. The van der Waals surface area contributed by atoms with Crippen molar-refractivity contribution in [2.24, 2.45) is 4.99 Å². The van der Waals surface area contributed by atoms with Crippen molar-refractivity contribution in [2.45, 2.75) is 46.9 Å². The van der Waals surface area contributed by atoms with E-state index in [1.54, 1.807) is 11.3 Å². The second-order valence-corrected chi connectivity index (χ2v) is 6.78. The van der Waals surface area contributed by atoms with E-state index in [1.807, 2.05) is 13.1 Å². The maximum Gasteiger partial charge on any atom is 0.191 e. The Morgan fingerprint density at radius 1 is 1.12 bits per heavy atom. The first-order chi connectivity index (χ1) is 12.2. The molecule has 0 fully saturated rings. The molecule has 1 heterocycles. The van der Waals surface area contributed by atoms with Crippen LogP contribution >= 0.6 is 35.3 Å². The summed E-state index contributed by atoms with van der Waals surface area (Å²) in [6.07, 6.45) is 2.99. The molecule has 0 unspecified atom stereocenters. The summed E-state index contributed by atoms with van der Waals surface area (Å²) in [4.78, 5) is 10.4. The van der Waals surface area contributed by atoms with Gasteiger partial charge in [-0.25, -0.2) is 9.98 Å². The molecule has 0 amide bonds. The molecule has 2 rings (SSSR count). The molecule has 2 aromatic rings. The van der Waals surface area contributed by atoms with Gasteiger partial charge in [-0.2, -0.15) is 0 Å². The molecule has 0 atom stereocenters. The minimum Gasteiger partial charge on any atom is -0.377 e. The van der Waals surface area contributed by atoms with Gasteiger partial charge in [0.2, 0.25) is 0 Å². The topological polar surface area (TPSA) is 58.5 Å². The van der Waals surface area contributed by atoms with E-state index in [4.69, 9.17) is 4.74 Å². The van der Waals surface area contributed by atoms with E-state index in [-0.39, 0.29) is 24.0 Å². The Morgan fingerprint density at radius 3 is 2.46 bits per heavy atom. The zero-order valence-electron chi connectivity index (χ0n) is 15.7. The third-order valence-corrected chi connectivity index (χ3v) is 4.76. The first-order valence-electron chi connectivity index (χ1n) is 8.86. The van der Waals surface area contributed by atoms with Crippen LogP contribution in [0.1, 0.15) is 41.8 Å². The van der Waals surface area contributed by atoms with Crippen molar-refractivity contribution in [3.63, 3.8) is 0 Å². The number of benzene rings is 1. The largest absolute Gasteiger partial charge is 0.377 e. The first-order valence-corrected chi connectivity index (χ1v) is 9.68. The minimum absolute atomic E-state index is 0. The van der Waals surface area contributed by atoms with Gasteiger partial charge in [-0.3, -0.25) is 0 Å². The highest BCUT2D eigenvalue weighted by atomic mass is 127. The van der Waals surface area contributed by atoms with E-state index < -0.39 is 0 Å². The fraction of sp³-hybridized carbons (Fsp3) is 0.474. The number of guanidine groups is 1. The average Bonchev–Trinajstić information content (AvgIpc) is 3.11. The number of hydrogen-bond donors (Lipinski definition) is 2. The van der Waals surface area contributed by atoms with Gasteiger partial charge in [0.1, 0.15) is 5.01 Å². The number of hydrogen-bond acceptors (Lipinski definition) is 4. The number of rotatable bonds is 9. The van der Waals surface area contributed by atoms with Crippen LogP contribution < -0.4 is 10.6 Å². The predicted octanol–water partition coefficient (Wildman–Crippen LogP) is 4.12. The van der Waals surface area contributed by atoms with E-state index in [9.17, 15) is 0 Å². The van der Waals surface area contributed by atoms with E-state index in [2.05, 4.69) is 58.7 Å². The van der Waals surface area contributed by atoms with Crippen molar-refractivity contribution in [1.29, 1.82) is 0 Å². The zero-order valence-corrected chi connectivity index (χ0v) is 18.9. The molecule has 0 aliphatic heterocycles. The molecule has 0 radical (unpaired) electrons. The molecule has 144 valence electrons. The SMILES string of the molecule is CCNC(=NCc1ccc(COCC)cc1)NCc1ncc(CC)s1.I. The summed E-state index contributed by atoms with van der Waals surface area (Å²) >= 11 is 1.75. The molecule has 0 bridgehead atoms. The number of aryl methyl sites for hydroxylation is 1. The first kappa shape index (κ1) is 22.9. The van der Waals surface area contributed by atoms with Gasteiger partial charge in [0.05, 0.1) is 19.7 Å². The molecule has 1 aromatic carbocycles. The van der Waals surface area contributed by atoms with Crippen molar-refractivity contribution in [3.05, 3.63) is 51.5 Å². The molecule has 0 saturated heterocycles. The summed E-state index contributed by atoms with van der Waals surface area (Å²) in [5.41, 5.74) is 2.37. The Labute approximate surface area is 177 Å². The maximum absolute atomic E-state index is 5.42. The third kappa shape index (κ3) is 8.01. The predicted molar refractivity (Wildman–Crippen MR) is 120 cm³/mol. The molecule has 7 heteroatoms. The molecule has 0 aliphatic rings. The van der Waals surface area contributed by atoms with Crippen molar-refractivity contribution in [1.82, 2.24) is 15.6 Å². The number of aliphatic imine (C=N–C) groups is 1. The number of halogens is 1. The van der Waals surface area contributed by atoms with Crippen LogP contribution in [0.4, 0.5) is 0 Å². The fourth-order valence-electron chi connectivity index (χ4n) is 2.23. The van der Waals surface area contributed by atoms with Gasteiger partial charge in [0, 0.05) is 24.2 Å². The van der Waals surface area contributed by atoms with Gasteiger partial charge in [0.15, 0.2) is 5.96 Å². The molecule has 0 aliphatic carbocycles. The summed E-state index contributed by atoms with van der Waals surface area (Å²) in [6, 6.07) is 8.41. The number of nitrogens with one attached hydrogen (secondary N) is 2.